The molecule has 1 atom stereocenters. The van der Waals surface area contributed by atoms with Crippen LogP contribution in [-0.2, 0) is 16.1 Å². The third kappa shape index (κ3) is 5.51. The Morgan fingerprint density at radius 1 is 0.872 bits per heavy atom. The lowest BCUT2D eigenvalue weighted by atomic mass is 9.90. The van der Waals surface area contributed by atoms with Crippen LogP contribution in [0.4, 0.5) is 0 Å². The van der Waals surface area contributed by atoms with Gasteiger partial charge >= 0.3 is 5.97 Å². The summed E-state index contributed by atoms with van der Waals surface area (Å²) in [7, 11) is 1.59. The number of aromatic nitrogens is 1. The Bertz CT molecular complexity index is 2380. The quantitative estimate of drug-likeness (QED) is 0.173. The Balaban J connectivity index is 1.37. The van der Waals surface area contributed by atoms with Crippen molar-refractivity contribution in [3.05, 3.63) is 151 Å². The molecule has 0 amide bonds. The van der Waals surface area contributed by atoms with Crippen molar-refractivity contribution in [3.63, 3.8) is 0 Å². The van der Waals surface area contributed by atoms with Gasteiger partial charge in [0.25, 0.3) is 5.56 Å². The second-order valence-corrected chi connectivity index (χ2v) is 12.2. The minimum Gasteiger partial charge on any atom is -0.496 e. The summed E-state index contributed by atoms with van der Waals surface area (Å²) >= 11 is 1.28. The van der Waals surface area contributed by atoms with Crippen LogP contribution in [-0.4, -0.2) is 24.3 Å². The van der Waals surface area contributed by atoms with E-state index in [1.165, 1.54) is 11.3 Å². The van der Waals surface area contributed by atoms with Crippen LogP contribution in [0.15, 0.2) is 124 Å². The molecule has 1 aliphatic rings. The lowest BCUT2D eigenvalue weighted by Crippen LogP contribution is -2.40. The molecule has 0 unspecified atom stereocenters. The maximum Gasteiger partial charge on any atom is 0.338 e. The molecule has 7 rings (SSSR count). The first-order valence-electron chi connectivity index (χ1n) is 15.4. The van der Waals surface area contributed by atoms with Gasteiger partial charge in [0.05, 0.1) is 29.5 Å². The van der Waals surface area contributed by atoms with Gasteiger partial charge in [-0.05, 0) is 59.2 Å². The SMILES string of the molecule is CCOC(=O)C1=C(C)N=c2s/c(=C\c3ccccc3OCc3cccc4ccccc34)c(=O)n2[C@H]1c1c(OC)ccc2ccccc12. The molecule has 6 aromatic rings. The van der Waals surface area contributed by atoms with E-state index in [2.05, 4.69) is 24.3 Å². The number of carbonyl (C=O) groups excluding carboxylic acids is 1. The number of hydrogen-bond donors (Lipinski definition) is 0. The van der Waals surface area contributed by atoms with Gasteiger partial charge in [-0.3, -0.25) is 9.36 Å². The molecule has 47 heavy (non-hydrogen) atoms. The summed E-state index contributed by atoms with van der Waals surface area (Å²) in [6, 6.07) is 33.0. The smallest absolute Gasteiger partial charge is 0.338 e. The average molecular weight is 641 g/mol. The monoisotopic (exact) mass is 640 g/mol. The summed E-state index contributed by atoms with van der Waals surface area (Å²) in [5.41, 5.74) is 3.07. The molecule has 8 heteroatoms. The van der Waals surface area contributed by atoms with E-state index < -0.39 is 12.0 Å². The molecule has 7 nitrogen and oxygen atoms in total. The number of nitrogens with zero attached hydrogens (tertiary/aromatic N) is 2. The van der Waals surface area contributed by atoms with Gasteiger partial charge in [0, 0.05) is 11.1 Å². The number of hydrogen-bond acceptors (Lipinski definition) is 7. The van der Waals surface area contributed by atoms with E-state index in [1.54, 1.807) is 25.5 Å². The van der Waals surface area contributed by atoms with Gasteiger partial charge in [-0.2, -0.15) is 0 Å². The Kier molecular flexibility index (Phi) is 8.18. The molecular weight excluding hydrogens is 609 g/mol. The van der Waals surface area contributed by atoms with Gasteiger partial charge in [-0.25, -0.2) is 9.79 Å². The first-order chi connectivity index (χ1) is 23.0. The van der Waals surface area contributed by atoms with Crippen LogP contribution in [0.1, 0.15) is 36.6 Å². The molecule has 0 N–H and O–H groups in total. The van der Waals surface area contributed by atoms with Crippen LogP contribution < -0.4 is 24.4 Å². The minimum atomic E-state index is -0.814. The number of esters is 1. The highest BCUT2D eigenvalue weighted by molar-refractivity contribution is 7.07. The Labute approximate surface area is 275 Å². The number of carbonyl (C=O) groups is 1. The van der Waals surface area contributed by atoms with Gasteiger partial charge in [0.1, 0.15) is 24.1 Å². The number of fused-ring (bicyclic) bond motifs is 3. The summed E-state index contributed by atoms with van der Waals surface area (Å²) in [5.74, 6) is 0.698. The largest absolute Gasteiger partial charge is 0.496 e. The molecule has 1 aliphatic heterocycles. The minimum absolute atomic E-state index is 0.189. The van der Waals surface area contributed by atoms with Gasteiger partial charge in [-0.1, -0.05) is 102 Å². The fraction of sp³-hybridized carbons (Fsp3) is 0.154. The number of ether oxygens (including phenoxy) is 3. The third-order valence-electron chi connectivity index (χ3n) is 8.41. The summed E-state index contributed by atoms with van der Waals surface area (Å²) in [6.45, 7) is 4.10. The van der Waals surface area contributed by atoms with Crippen molar-refractivity contribution >= 4 is 44.9 Å². The molecule has 234 valence electrons. The van der Waals surface area contributed by atoms with Crippen LogP contribution in [0.5, 0.6) is 11.5 Å². The summed E-state index contributed by atoms with van der Waals surface area (Å²) in [6.07, 6.45) is 1.84. The second-order valence-electron chi connectivity index (χ2n) is 11.2. The number of thiazole rings is 1. The zero-order valence-corrected chi connectivity index (χ0v) is 27.0. The molecular formula is C39H32N2O5S. The molecule has 0 spiro atoms. The zero-order chi connectivity index (χ0) is 32.5. The molecule has 0 saturated carbocycles. The maximum atomic E-state index is 14.4. The van der Waals surface area contributed by atoms with Crippen molar-refractivity contribution in [1.82, 2.24) is 4.57 Å². The molecule has 1 aromatic heterocycles. The van der Waals surface area contributed by atoms with Crippen molar-refractivity contribution < 1.29 is 19.0 Å². The summed E-state index contributed by atoms with van der Waals surface area (Å²) in [4.78, 5) is 33.2. The molecule has 5 aromatic carbocycles. The standard InChI is InChI=1S/C39H32N2O5S/c1-4-45-38(43)34-24(2)40-39-41(36(34)35-30-18-9-6-13-26(30)20-21-32(35)44-3)37(42)33(47-39)22-27-14-7-10-19-31(27)46-23-28-16-11-15-25-12-5-8-17-29(25)28/h5-22,36H,4,23H2,1-3H3/b33-22-/t36-/m1/s1. The van der Waals surface area contributed by atoms with Crippen molar-refractivity contribution in [3.8, 4) is 11.5 Å². The van der Waals surface area contributed by atoms with Crippen LogP contribution in [0, 0.1) is 0 Å². The summed E-state index contributed by atoms with van der Waals surface area (Å²) < 4.78 is 19.8. The van der Waals surface area contributed by atoms with Crippen LogP contribution in [0.25, 0.3) is 27.6 Å². The van der Waals surface area contributed by atoms with E-state index in [4.69, 9.17) is 19.2 Å². The third-order valence-corrected chi connectivity index (χ3v) is 9.39. The molecule has 0 saturated heterocycles. The van der Waals surface area contributed by atoms with Crippen molar-refractivity contribution in [2.75, 3.05) is 13.7 Å². The topological polar surface area (TPSA) is 79.1 Å². The van der Waals surface area contributed by atoms with Gasteiger partial charge in [0.2, 0.25) is 0 Å². The number of benzene rings is 5. The van der Waals surface area contributed by atoms with Gasteiger partial charge < -0.3 is 14.2 Å². The first kappa shape index (κ1) is 30.2. The summed E-state index contributed by atoms with van der Waals surface area (Å²) in [5, 5.41) is 4.12. The predicted octanol–water partition coefficient (Wildman–Crippen LogP) is 6.69. The van der Waals surface area contributed by atoms with Crippen molar-refractivity contribution in [1.29, 1.82) is 0 Å². The van der Waals surface area contributed by atoms with Gasteiger partial charge in [0.15, 0.2) is 4.80 Å². The Morgan fingerprint density at radius 3 is 2.36 bits per heavy atom. The average Bonchev–Trinajstić information content (AvgIpc) is 3.40. The number of para-hydroxylation sites is 1. The molecule has 0 aliphatic carbocycles. The normalized spacial score (nSPS) is 14.6. The fourth-order valence-corrected chi connectivity index (χ4v) is 7.28. The van der Waals surface area contributed by atoms with Crippen LogP contribution in [0.3, 0.4) is 0 Å². The highest BCUT2D eigenvalue weighted by Gasteiger charge is 2.36. The van der Waals surface area contributed by atoms with E-state index in [0.717, 1.165) is 32.7 Å². The lowest BCUT2D eigenvalue weighted by Gasteiger charge is -2.27. The molecule has 0 radical (unpaired) electrons. The van der Waals surface area contributed by atoms with Crippen LogP contribution >= 0.6 is 11.3 Å². The van der Waals surface area contributed by atoms with Gasteiger partial charge in [-0.15, -0.1) is 0 Å². The predicted molar refractivity (Wildman–Crippen MR) is 186 cm³/mol. The highest BCUT2D eigenvalue weighted by atomic mass is 32.1. The van der Waals surface area contributed by atoms with E-state index in [0.29, 0.717) is 44.3 Å². The maximum absolute atomic E-state index is 14.4. The van der Waals surface area contributed by atoms with E-state index in [9.17, 15) is 9.59 Å². The Morgan fingerprint density at radius 2 is 1.57 bits per heavy atom. The molecule has 2 heterocycles. The van der Waals surface area contributed by atoms with Crippen LogP contribution in [0.2, 0.25) is 0 Å². The highest BCUT2D eigenvalue weighted by Crippen LogP contribution is 2.40. The number of rotatable bonds is 8. The second kappa shape index (κ2) is 12.7. The van der Waals surface area contributed by atoms with E-state index >= 15 is 0 Å². The lowest BCUT2D eigenvalue weighted by molar-refractivity contribution is -0.139. The fourth-order valence-electron chi connectivity index (χ4n) is 6.25. The molecule has 0 bridgehead atoms. The van der Waals surface area contributed by atoms with Crippen molar-refractivity contribution in [2.24, 2.45) is 4.99 Å². The van der Waals surface area contributed by atoms with Crippen molar-refractivity contribution in [2.45, 2.75) is 26.5 Å². The zero-order valence-electron chi connectivity index (χ0n) is 26.2. The first-order valence-corrected chi connectivity index (χ1v) is 16.2. The van der Waals surface area contributed by atoms with E-state index in [-0.39, 0.29) is 12.2 Å². The number of methoxy groups -OCH3 is 1. The Hall–Kier alpha value is -5.47. The van der Waals surface area contributed by atoms with E-state index in [1.807, 2.05) is 84.9 Å². The molecule has 0 fully saturated rings. The number of allylic oxidation sites excluding steroid dienone is 1.